The lowest BCUT2D eigenvalue weighted by Gasteiger charge is -2.18. The van der Waals surface area contributed by atoms with Gasteiger partial charge >= 0.3 is 5.97 Å². The smallest absolute Gasteiger partial charge is 0.326 e. The largest absolute Gasteiger partial charge is 0.480 e. The van der Waals surface area contributed by atoms with Gasteiger partial charge in [0.15, 0.2) is 0 Å². The highest BCUT2D eigenvalue weighted by atomic mass is 16.4. The van der Waals surface area contributed by atoms with Crippen LogP contribution in [0.5, 0.6) is 0 Å². The standard InChI is InChI=1S/C18H23N3O5/c1-11(20-16(23)13-8-5-9-19-13)15(22)17(24)21-14(18(25)26)10-12-6-3-2-4-7-12/h2-4,6-7,11,13-14,19H,5,8-10H2,1H3,(H,20,23)(H,21,24)(H,25,26). The van der Waals surface area contributed by atoms with Crippen molar-refractivity contribution in [1.29, 1.82) is 0 Å². The molecule has 0 spiro atoms. The first kappa shape index (κ1) is 19.6. The van der Waals surface area contributed by atoms with Crippen LogP contribution in [0.1, 0.15) is 25.3 Å². The molecule has 1 aliphatic rings. The third kappa shape index (κ3) is 5.38. The Morgan fingerprint density at radius 3 is 2.46 bits per heavy atom. The number of benzene rings is 1. The van der Waals surface area contributed by atoms with Gasteiger partial charge in [-0.15, -0.1) is 0 Å². The van der Waals surface area contributed by atoms with Gasteiger partial charge in [-0.2, -0.15) is 0 Å². The monoisotopic (exact) mass is 361 g/mol. The normalized spacial score (nSPS) is 18.6. The predicted molar refractivity (Wildman–Crippen MR) is 93.3 cm³/mol. The van der Waals surface area contributed by atoms with Crippen molar-refractivity contribution in [3.63, 3.8) is 0 Å². The summed E-state index contributed by atoms with van der Waals surface area (Å²) in [5.41, 5.74) is 0.723. The topological polar surface area (TPSA) is 125 Å². The Kier molecular flexibility index (Phi) is 6.85. The Hall–Kier alpha value is -2.74. The zero-order valence-corrected chi connectivity index (χ0v) is 14.5. The van der Waals surface area contributed by atoms with E-state index in [0.717, 1.165) is 18.5 Å². The van der Waals surface area contributed by atoms with Crippen molar-refractivity contribution >= 4 is 23.6 Å². The van der Waals surface area contributed by atoms with Crippen molar-refractivity contribution in [2.24, 2.45) is 0 Å². The van der Waals surface area contributed by atoms with Gasteiger partial charge in [0.25, 0.3) is 5.91 Å². The summed E-state index contributed by atoms with van der Waals surface area (Å²) >= 11 is 0. The number of hydrogen-bond acceptors (Lipinski definition) is 5. The average Bonchev–Trinajstić information content (AvgIpc) is 3.16. The zero-order valence-electron chi connectivity index (χ0n) is 14.5. The summed E-state index contributed by atoms with van der Waals surface area (Å²) < 4.78 is 0. The van der Waals surface area contributed by atoms with E-state index in [9.17, 15) is 24.3 Å². The second-order valence-corrected chi connectivity index (χ2v) is 6.30. The molecule has 2 rings (SSSR count). The fourth-order valence-electron chi connectivity index (χ4n) is 2.76. The molecule has 1 aromatic rings. The Morgan fingerprint density at radius 2 is 1.88 bits per heavy atom. The minimum absolute atomic E-state index is 0.0575. The fourth-order valence-corrected chi connectivity index (χ4v) is 2.76. The average molecular weight is 361 g/mol. The number of rotatable bonds is 8. The minimum Gasteiger partial charge on any atom is -0.480 e. The molecule has 4 N–H and O–H groups in total. The lowest BCUT2D eigenvalue weighted by Crippen LogP contribution is -2.53. The van der Waals surface area contributed by atoms with E-state index in [1.165, 1.54) is 6.92 Å². The van der Waals surface area contributed by atoms with Crippen LogP contribution < -0.4 is 16.0 Å². The first-order chi connectivity index (χ1) is 12.4. The third-order valence-corrected chi connectivity index (χ3v) is 4.24. The van der Waals surface area contributed by atoms with Gasteiger partial charge in [0.2, 0.25) is 11.7 Å². The molecule has 0 radical (unpaired) electrons. The molecule has 26 heavy (non-hydrogen) atoms. The third-order valence-electron chi connectivity index (χ3n) is 4.24. The molecule has 0 bridgehead atoms. The number of carbonyl (C=O) groups excluding carboxylic acids is 3. The molecule has 2 amide bonds. The predicted octanol–water partition coefficient (Wildman–Crippen LogP) is -0.376. The number of carbonyl (C=O) groups is 4. The van der Waals surface area contributed by atoms with Crippen molar-refractivity contribution in [2.75, 3.05) is 6.54 Å². The van der Waals surface area contributed by atoms with Crippen LogP contribution in [0.15, 0.2) is 30.3 Å². The van der Waals surface area contributed by atoms with E-state index < -0.39 is 29.7 Å². The van der Waals surface area contributed by atoms with Crippen LogP contribution in [0.3, 0.4) is 0 Å². The summed E-state index contributed by atoms with van der Waals surface area (Å²) in [7, 11) is 0. The van der Waals surface area contributed by atoms with Gasteiger partial charge in [-0.3, -0.25) is 14.4 Å². The highest BCUT2D eigenvalue weighted by Gasteiger charge is 2.30. The van der Waals surface area contributed by atoms with Crippen molar-refractivity contribution < 1.29 is 24.3 Å². The summed E-state index contributed by atoms with van der Waals surface area (Å²) in [6.45, 7) is 2.14. The molecular formula is C18H23N3O5. The van der Waals surface area contributed by atoms with E-state index in [1.807, 2.05) is 0 Å². The van der Waals surface area contributed by atoms with Crippen molar-refractivity contribution in [3.05, 3.63) is 35.9 Å². The van der Waals surface area contributed by atoms with Crippen LogP contribution >= 0.6 is 0 Å². The summed E-state index contributed by atoms with van der Waals surface area (Å²) in [5, 5.41) is 17.0. The van der Waals surface area contributed by atoms with E-state index in [4.69, 9.17) is 0 Å². The molecule has 1 heterocycles. The molecule has 140 valence electrons. The molecule has 3 unspecified atom stereocenters. The number of nitrogens with one attached hydrogen (secondary N) is 3. The van der Waals surface area contributed by atoms with Gasteiger partial charge in [-0.05, 0) is 31.9 Å². The molecule has 3 atom stereocenters. The Morgan fingerprint density at radius 1 is 1.19 bits per heavy atom. The lowest BCUT2D eigenvalue weighted by atomic mass is 10.1. The summed E-state index contributed by atoms with van der Waals surface area (Å²) in [6, 6.07) is 6.17. The molecule has 0 saturated carbocycles. The number of ketones is 1. The molecule has 1 saturated heterocycles. The van der Waals surface area contributed by atoms with Crippen LogP contribution in [0.25, 0.3) is 0 Å². The second kappa shape index (κ2) is 9.10. The number of aliphatic carboxylic acids is 1. The van der Waals surface area contributed by atoms with Gasteiger partial charge in [0.1, 0.15) is 6.04 Å². The zero-order chi connectivity index (χ0) is 19.1. The first-order valence-corrected chi connectivity index (χ1v) is 8.53. The minimum atomic E-state index is -1.23. The van der Waals surface area contributed by atoms with Gasteiger partial charge in [0.05, 0.1) is 12.1 Å². The molecule has 1 fully saturated rings. The highest BCUT2D eigenvalue weighted by Crippen LogP contribution is 2.06. The summed E-state index contributed by atoms with van der Waals surface area (Å²) in [5.74, 6) is -3.48. The van der Waals surface area contributed by atoms with Crippen LogP contribution in [0.4, 0.5) is 0 Å². The van der Waals surface area contributed by atoms with Gasteiger partial charge in [-0.1, -0.05) is 30.3 Å². The van der Waals surface area contributed by atoms with Gasteiger partial charge in [-0.25, -0.2) is 4.79 Å². The SMILES string of the molecule is CC(NC(=O)C1CCCN1)C(=O)C(=O)NC(Cc1ccccc1)C(=O)O. The maximum Gasteiger partial charge on any atom is 0.326 e. The summed E-state index contributed by atoms with van der Waals surface area (Å²) in [4.78, 5) is 47.6. The number of amides is 2. The van der Waals surface area contributed by atoms with Crippen molar-refractivity contribution in [3.8, 4) is 0 Å². The Bertz CT molecular complexity index is 671. The molecule has 8 nitrogen and oxygen atoms in total. The maximum atomic E-state index is 12.2. The summed E-state index contributed by atoms with van der Waals surface area (Å²) in [6.07, 6.45) is 1.61. The Balaban J connectivity index is 1.91. The molecule has 8 heteroatoms. The first-order valence-electron chi connectivity index (χ1n) is 8.53. The van der Waals surface area contributed by atoms with E-state index in [0.29, 0.717) is 6.42 Å². The van der Waals surface area contributed by atoms with Crippen LogP contribution in [-0.2, 0) is 25.6 Å². The van der Waals surface area contributed by atoms with Crippen LogP contribution in [-0.4, -0.2) is 53.3 Å². The molecular weight excluding hydrogens is 338 g/mol. The molecule has 1 aromatic carbocycles. The quantitative estimate of drug-likeness (QED) is 0.468. The number of carboxylic acid groups (broad SMARTS) is 1. The molecule has 0 aliphatic carbocycles. The Labute approximate surface area is 151 Å². The van der Waals surface area contributed by atoms with E-state index in [1.54, 1.807) is 30.3 Å². The number of carboxylic acids is 1. The molecule has 1 aliphatic heterocycles. The van der Waals surface area contributed by atoms with E-state index >= 15 is 0 Å². The lowest BCUT2D eigenvalue weighted by molar-refractivity contribution is -0.145. The van der Waals surface area contributed by atoms with Crippen molar-refractivity contribution in [1.82, 2.24) is 16.0 Å². The van der Waals surface area contributed by atoms with Crippen molar-refractivity contribution in [2.45, 2.75) is 44.3 Å². The van der Waals surface area contributed by atoms with Gasteiger partial charge in [0, 0.05) is 6.42 Å². The maximum absolute atomic E-state index is 12.2. The van der Waals surface area contributed by atoms with E-state index in [2.05, 4.69) is 16.0 Å². The number of hydrogen-bond donors (Lipinski definition) is 4. The fraction of sp³-hybridized carbons (Fsp3) is 0.444. The van der Waals surface area contributed by atoms with E-state index in [-0.39, 0.29) is 18.4 Å². The van der Waals surface area contributed by atoms with Gasteiger partial charge < -0.3 is 21.1 Å². The highest BCUT2D eigenvalue weighted by molar-refractivity contribution is 6.38. The van der Waals surface area contributed by atoms with Crippen LogP contribution in [0, 0.1) is 0 Å². The number of Topliss-reactive ketones (excluding diaryl/α,β-unsaturated/α-hetero) is 1. The van der Waals surface area contributed by atoms with Crippen LogP contribution in [0.2, 0.25) is 0 Å². The molecule has 0 aromatic heterocycles. The second-order valence-electron chi connectivity index (χ2n) is 6.30.